The van der Waals surface area contributed by atoms with Gasteiger partial charge in [0.2, 0.25) is 5.91 Å². The minimum atomic E-state index is 0.128. The van der Waals surface area contributed by atoms with Crippen molar-refractivity contribution in [3.05, 3.63) is 35.9 Å². The molecule has 0 radical (unpaired) electrons. The van der Waals surface area contributed by atoms with Crippen LogP contribution in [0.3, 0.4) is 0 Å². The molecule has 1 amide bonds. The van der Waals surface area contributed by atoms with Crippen molar-refractivity contribution in [3.8, 4) is 0 Å². The molecule has 2 saturated heterocycles. The lowest BCUT2D eigenvalue weighted by Gasteiger charge is -2.37. The Hall–Kier alpha value is -1.39. The van der Waals surface area contributed by atoms with E-state index < -0.39 is 0 Å². The van der Waals surface area contributed by atoms with Gasteiger partial charge in [0.15, 0.2) is 0 Å². The smallest absolute Gasteiger partial charge is 0.240 e. The highest BCUT2D eigenvalue weighted by Crippen LogP contribution is 2.20. The molecule has 0 aromatic heterocycles. The van der Waals surface area contributed by atoms with Crippen molar-refractivity contribution < 1.29 is 4.79 Å². The van der Waals surface area contributed by atoms with E-state index in [1.807, 2.05) is 6.07 Å². The van der Waals surface area contributed by atoms with Crippen molar-refractivity contribution in [2.24, 2.45) is 5.92 Å². The lowest BCUT2D eigenvalue weighted by molar-refractivity contribution is -0.132. The SMILES string of the molecule is CC(C)CCN1CCN([C@H]2CCN(CCc3ccccc3)C2=O)CC1. The monoisotopic (exact) mass is 343 g/mol. The Morgan fingerprint density at radius 3 is 2.40 bits per heavy atom. The van der Waals surface area contributed by atoms with Crippen LogP contribution in [0.5, 0.6) is 0 Å². The first-order valence-electron chi connectivity index (χ1n) is 9.92. The van der Waals surface area contributed by atoms with Gasteiger partial charge in [0.1, 0.15) is 0 Å². The molecule has 138 valence electrons. The quantitative estimate of drug-likeness (QED) is 0.761. The number of piperazine rings is 1. The number of amides is 1. The first kappa shape index (κ1) is 18.4. The van der Waals surface area contributed by atoms with E-state index >= 15 is 0 Å². The third-order valence-electron chi connectivity index (χ3n) is 5.65. The van der Waals surface area contributed by atoms with E-state index in [-0.39, 0.29) is 6.04 Å². The Morgan fingerprint density at radius 2 is 1.72 bits per heavy atom. The molecule has 1 atom stereocenters. The average molecular weight is 344 g/mol. The fourth-order valence-corrected chi connectivity index (χ4v) is 3.93. The number of carbonyl (C=O) groups excluding carboxylic acids is 1. The topological polar surface area (TPSA) is 26.8 Å². The van der Waals surface area contributed by atoms with Gasteiger partial charge < -0.3 is 9.80 Å². The van der Waals surface area contributed by atoms with Crippen LogP contribution in [0.4, 0.5) is 0 Å². The number of rotatable bonds is 7. The predicted octanol–water partition coefficient (Wildman–Crippen LogP) is 2.49. The summed E-state index contributed by atoms with van der Waals surface area (Å²) in [5.41, 5.74) is 1.32. The first-order chi connectivity index (χ1) is 12.1. The Labute approximate surface area is 152 Å². The van der Waals surface area contributed by atoms with E-state index in [2.05, 4.69) is 52.8 Å². The normalized spacial score (nSPS) is 22.9. The molecule has 0 unspecified atom stereocenters. The Bertz CT molecular complexity index is 537. The maximum Gasteiger partial charge on any atom is 0.240 e. The highest BCUT2D eigenvalue weighted by atomic mass is 16.2. The van der Waals surface area contributed by atoms with Gasteiger partial charge in [0.25, 0.3) is 0 Å². The Morgan fingerprint density at radius 1 is 1.00 bits per heavy atom. The van der Waals surface area contributed by atoms with E-state index in [0.29, 0.717) is 5.91 Å². The number of hydrogen-bond acceptors (Lipinski definition) is 3. The van der Waals surface area contributed by atoms with E-state index in [9.17, 15) is 4.79 Å². The summed E-state index contributed by atoms with van der Waals surface area (Å²) in [6.07, 6.45) is 3.23. The lowest BCUT2D eigenvalue weighted by atomic mass is 10.1. The van der Waals surface area contributed by atoms with Crippen LogP contribution in [0.1, 0.15) is 32.3 Å². The van der Waals surface area contributed by atoms with Gasteiger partial charge in [0, 0.05) is 39.3 Å². The second-order valence-electron chi connectivity index (χ2n) is 7.93. The molecule has 2 aliphatic heterocycles. The van der Waals surface area contributed by atoms with Gasteiger partial charge in [0.05, 0.1) is 6.04 Å². The number of likely N-dealkylation sites (tertiary alicyclic amines) is 1. The van der Waals surface area contributed by atoms with Crippen LogP contribution in [0.25, 0.3) is 0 Å². The molecule has 25 heavy (non-hydrogen) atoms. The van der Waals surface area contributed by atoms with Crippen molar-refractivity contribution in [1.29, 1.82) is 0 Å². The highest BCUT2D eigenvalue weighted by molar-refractivity contribution is 5.84. The van der Waals surface area contributed by atoms with Crippen LogP contribution < -0.4 is 0 Å². The minimum Gasteiger partial charge on any atom is -0.341 e. The van der Waals surface area contributed by atoms with Gasteiger partial charge in [-0.1, -0.05) is 44.2 Å². The second-order valence-corrected chi connectivity index (χ2v) is 7.93. The third kappa shape index (κ3) is 5.05. The van der Waals surface area contributed by atoms with Gasteiger partial charge in [-0.15, -0.1) is 0 Å². The summed E-state index contributed by atoms with van der Waals surface area (Å²) in [4.78, 5) is 19.9. The number of benzene rings is 1. The molecule has 0 bridgehead atoms. The van der Waals surface area contributed by atoms with Crippen molar-refractivity contribution in [3.63, 3.8) is 0 Å². The van der Waals surface area contributed by atoms with Crippen molar-refractivity contribution in [1.82, 2.24) is 14.7 Å². The summed E-state index contributed by atoms with van der Waals surface area (Å²) >= 11 is 0. The molecule has 2 heterocycles. The number of hydrogen-bond donors (Lipinski definition) is 0. The van der Waals surface area contributed by atoms with E-state index in [1.165, 1.54) is 18.5 Å². The van der Waals surface area contributed by atoms with Crippen molar-refractivity contribution in [2.75, 3.05) is 45.8 Å². The maximum atomic E-state index is 12.8. The molecule has 0 aliphatic carbocycles. The van der Waals surface area contributed by atoms with Crippen LogP contribution in [-0.2, 0) is 11.2 Å². The molecule has 0 N–H and O–H groups in total. The number of carbonyl (C=O) groups is 1. The molecule has 4 nitrogen and oxygen atoms in total. The van der Waals surface area contributed by atoms with E-state index in [4.69, 9.17) is 0 Å². The van der Waals surface area contributed by atoms with Gasteiger partial charge in [-0.25, -0.2) is 0 Å². The second kappa shape index (κ2) is 8.81. The molecule has 1 aromatic carbocycles. The predicted molar refractivity (Wildman–Crippen MR) is 103 cm³/mol. The molecule has 0 spiro atoms. The maximum absolute atomic E-state index is 12.8. The van der Waals surface area contributed by atoms with Gasteiger partial charge in [-0.05, 0) is 37.3 Å². The molecule has 2 aliphatic rings. The van der Waals surface area contributed by atoms with Crippen LogP contribution in [-0.4, -0.2) is 72.5 Å². The summed E-state index contributed by atoms with van der Waals surface area (Å²) in [6.45, 7) is 11.9. The van der Waals surface area contributed by atoms with Crippen LogP contribution in [0.15, 0.2) is 30.3 Å². The third-order valence-corrected chi connectivity index (χ3v) is 5.65. The average Bonchev–Trinajstić information content (AvgIpc) is 3.00. The fraction of sp³-hybridized carbons (Fsp3) is 0.667. The zero-order chi connectivity index (χ0) is 17.6. The summed E-state index contributed by atoms with van der Waals surface area (Å²) in [6, 6.07) is 10.6. The van der Waals surface area contributed by atoms with Gasteiger partial charge >= 0.3 is 0 Å². The summed E-state index contributed by atoms with van der Waals surface area (Å²) < 4.78 is 0. The first-order valence-corrected chi connectivity index (χ1v) is 9.92. The Kier molecular flexibility index (Phi) is 6.49. The minimum absolute atomic E-state index is 0.128. The molecule has 4 heteroatoms. The Balaban J connectivity index is 1.43. The molecule has 2 fully saturated rings. The lowest BCUT2D eigenvalue weighted by Crippen LogP contribution is -2.52. The molecular formula is C21H33N3O. The van der Waals surface area contributed by atoms with Crippen LogP contribution >= 0.6 is 0 Å². The van der Waals surface area contributed by atoms with Crippen LogP contribution in [0, 0.1) is 5.92 Å². The summed E-state index contributed by atoms with van der Waals surface area (Å²) in [5.74, 6) is 1.12. The molecule has 0 saturated carbocycles. The standard InChI is InChI=1S/C21H33N3O/c1-18(2)8-11-22-14-16-23(17-15-22)20-10-13-24(21(20)25)12-9-19-6-4-3-5-7-19/h3-7,18,20H,8-17H2,1-2H3/t20-/m0/s1. The molecule has 1 aromatic rings. The molecule has 3 rings (SSSR count). The largest absolute Gasteiger partial charge is 0.341 e. The van der Waals surface area contributed by atoms with E-state index in [1.54, 1.807) is 0 Å². The van der Waals surface area contributed by atoms with Crippen molar-refractivity contribution >= 4 is 5.91 Å². The zero-order valence-electron chi connectivity index (χ0n) is 15.9. The molecular weight excluding hydrogens is 310 g/mol. The summed E-state index contributed by atoms with van der Waals surface area (Å²) in [5, 5.41) is 0. The van der Waals surface area contributed by atoms with E-state index in [0.717, 1.165) is 58.0 Å². The fourth-order valence-electron chi connectivity index (χ4n) is 3.93. The van der Waals surface area contributed by atoms with Gasteiger partial charge in [-0.2, -0.15) is 0 Å². The van der Waals surface area contributed by atoms with Gasteiger partial charge in [-0.3, -0.25) is 9.69 Å². The zero-order valence-corrected chi connectivity index (χ0v) is 15.9. The number of nitrogens with zero attached hydrogens (tertiary/aromatic N) is 3. The van der Waals surface area contributed by atoms with Crippen molar-refractivity contribution in [2.45, 2.75) is 39.2 Å². The van der Waals surface area contributed by atoms with Crippen LogP contribution in [0.2, 0.25) is 0 Å². The highest BCUT2D eigenvalue weighted by Gasteiger charge is 2.36. The summed E-state index contributed by atoms with van der Waals surface area (Å²) in [7, 11) is 0.